The Balaban J connectivity index is 1.76. The second kappa shape index (κ2) is 6.07. The Labute approximate surface area is 110 Å². The molecular weight excluding hydrogens is 252 g/mol. The van der Waals surface area contributed by atoms with E-state index in [4.69, 9.17) is 22.1 Å². The Hall–Kier alpha value is -2.01. The highest BCUT2D eigenvalue weighted by Gasteiger charge is 1.99. The van der Waals surface area contributed by atoms with Crippen molar-refractivity contribution < 1.29 is 4.74 Å². The minimum atomic E-state index is 0.472. The van der Waals surface area contributed by atoms with Gasteiger partial charge in [0.1, 0.15) is 12.4 Å². The molecule has 18 heavy (non-hydrogen) atoms. The number of anilines is 2. The van der Waals surface area contributed by atoms with Gasteiger partial charge in [0.05, 0.1) is 29.6 Å². The third-order valence-electron chi connectivity index (χ3n) is 2.18. The highest BCUT2D eigenvalue weighted by atomic mass is 35.5. The number of para-hydroxylation sites is 2. The van der Waals surface area contributed by atoms with Crippen molar-refractivity contribution in [2.75, 3.05) is 24.2 Å². The molecule has 0 fully saturated rings. The van der Waals surface area contributed by atoms with Crippen molar-refractivity contribution >= 4 is 23.2 Å². The third kappa shape index (κ3) is 3.49. The van der Waals surface area contributed by atoms with Gasteiger partial charge in [0.15, 0.2) is 0 Å². The molecule has 1 aromatic carbocycles. The average Bonchev–Trinajstić information content (AvgIpc) is 2.39. The number of rotatable bonds is 5. The van der Waals surface area contributed by atoms with Crippen molar-refractivity contribution in [3.63, 3.8) is 0 Å². The summed E-state index contributed by atoms with van der Waals surface area (Å²) < 4.78 is 5.51. The Morgan fingerprint density at radius 1 is 1.22 bits per heavy atom. The fraction of sp³-hybridized carbons (Fsp3) is 0.167. The highest BCUT2D eigenvalue weighted by molar-refractivity contribution is 6.30. The number of hydrogen-bond donors (Lipinski definition) is 2. The maximum absolute atomic E-state index is 5.75. The lowest BCUT2D eigenvalue weighted by molar-refractivity contribution is 0.334. The van der Waals surface area contributed by atoms with Crippen LogP contribution in [0.2, 0.25) is 5.02 Å². The summed E-state index contributed by atoms with van der Waals surface area (Å²) in [4.78, 5) is 8.01. The first-order valence-electron chi connectivity index (χ1n) is 5.44. The van der Waals surface area contributed by atoms with Gasteiger partial charge in [-0.05, 0) is 12.1 Å². The molecule has 0 spiro atoms. The van der Waals surface area contributed by atoms with Crippen LogP contribution in [0.5, 0.6) is 5.75 Å². The second-order valence-electron chi connectivity index (χ2n) is 3.54. The molecule has 1 heterocycles. The van der Waals surface area contributed by atoms with Crippen molar-refractivity contribution in [3.8, 4) is 5.75 Å². The zero-order chi connectivity index (χ0) is 12.8. The Morgan fingerprint density at radius 2 is 1.94 bits per heavy atom. The van der Waals surface area contributed by atoms with Crippen LogP contribution >= 0.6 is 11.6 Å². The number of nitrogen functional groups attached to an aromatic ring is 1. The lowest BCUT2D eigenvalue weighted by Gasteiger charge is -2.09. The summed E-state index contributed by atoms with van der Waals surface area (Å²) in [7, 11) is 0. The number of benzene rings is 1. The van der Waals surface area contributed by atoms with Gasteiger partial charge < -0.3 is 15.8 Å². The van der Waals surface area contributed by atoms with E-state index in [-0.39, 0.29) is 0 Å². The number of hydrogen-bond acceptors (Lipinski definition) is 5. The lowest BCUT2D eigenvalue weighted by atomic mass is 10.3. The van der Waals surface area contributed by atoms with E-state index in [0.717, 1.165) is 0 Å². The number of halogens is 1. The van der Waals surface area contributed by atoms with Crippen LogP contribution in [0, 0.1) is 0 Å². The number of aromatic nitrogens is 2. The van der Waals surface area contributed by atoms with Crippen LogP contribution in [0.3, 0.4) is 0 Å². The fourth-order valence-corrected chi connectivity index (χ4v) is 1.44. The molecule has 0 aliphatic heterocycles. The highest BCUT2D eigenvalue weighted by Crippen LogP contribution is 2.19. The van der Waals surface area contributed by atoms with Crippen LogP contribution in [0.15, 0.2) is 36.7 Å². The minimum absolute atomic E-state index is 0.472. The second-order valence-corrected chi connectivity index (χ2v) is 3.97. The zero-order valence-corrected chi connectivity index (χ0v) is 10.4. The fourth-order valence-electron chi connectivity index (χ4n) is 1.34. The van der Waals surface area contributed by atoms with Gasteiger partial charge in [-0.3, -0.25) is 0 Å². The molecular formula is C12H13ClN4O. The smallest absolute Gasteiger partial charge is 0.222 e. The molecule has 0 amide bonds. The topological polar surface area (TPSA) is 73.1 Å². The van der Waals surface area contributed by atoms with Gasteiger partial charge in [0.25, 0.3) is 0 Å². The standard InChI is InChI=1S/C12H13ClN4O/c13-9-7-16-12(17-8-9)15-5-6-18-11-4-2-1-3-10(11)14/h1-4,7-8H,5-6,14H2,(H,15,16,17). The number of nitrogens with zero attached hydrogens (tertiary/aromatic N) is 2. The third-order valence-corrected chi connectivity index (χ3v) is 2.38. The van der Waals surface area contributed by atoms with Gasteiger partial charge in [0.2, 0.25) is 5.95 Å². The molecule has 94 valence electrons. The maximum Gasteiger partial charge on any atom is 0.222 e. The van der Waals surface area contributed by atoms with E-state index in [9.17, 15) is 0 Å². The first kappa shape index (κ1) is 12.4. The van der Waals surface area contributed by atoms with E-state index in [1.807, 2.05) is 18.2 Å². The van der Waals surface area contributed by atoms with Crippen molar-refractivity contribution in [1.29, 1.82) is 0 Å². The quantitative estimate of drug-likeness (QED) is 0.640. The first-order chi connectivity index (χ1) is 8.75. The molecule has 0 saturated heterocycles. The molecule has 2 aromatic rings. The molecule has 0 unspecified atom stereocenters. The summed E-state index contributed by atoms with van der Waals surface area (Å²) >= 11 is 5.68. The van der Waals surface area contributed by atoms with Crippen molar-refractivity contribution in [1.82, 2.24) is 9.97 Å². The Morgan fingerprint density at radius 3 is 2.67 bits per heavy atom. The molecule has 0 radical (unpaired) electrons. The summed E-state index contributed by atoms with van der Waals surface area (Å²) in [5, 5.41) is 3.52. The summed E-state index contributed by atoms with van der Waals surface area (Å²) in [6.45, 7) is 1.05. The van der Waals surface area contributed by atoms with E-state index >= 15 is 0 Å². The van der Waals surface area contributed by atoms with Crippen molar-refractivity contribution in [3.05, 3.63) is 41.7 Å². The summed E-state index contributed by atoms with van der Waals surface area (Å²) in [6, 6.07) is 7.36. The summed E-state index contributed by atoms with van der Waals surface area (Å²) in [6.07, 6.45) is 3.07. The first-order valence-corrected chi connectivity index (χ1v) is 5.82. The molecule has 0 bridgehead atoms. The van der Waals surface area contributed by atoms with Crippen LogP contribution in [-0.2, 0) is 0 Å². The van der Waals surface area contributed by atoms with E-state index < -0.39 is 0 Å². The Kier molecular flexibility index (Phi) is 4.20. The molecule has 5 nitrogen and oxygen atoms in total. The van der Waals surface area contributed by atoms with Gasteiger partial charge in [-0.1, -0.05) is 23.7 Å². The maximum atomic E-state index is 5.75. The molecule has 6 heteroatoms. The SMILES string of the molecule is Nc1ccccc1OCCNc1ncc(Cl)cn1. The number of ether oxygens (including phenoxy) is 1. The van der Waals surface area contributed by atoms with Crippen LogP contribution in [0.4, 0.5) is 11.6 Å². The molecule has 0 atom stereocenters. The van der Waals surface area contributed by atoms with Gasteiger partial charge in [-0.25, -0.2) is 9.97 Å². The van der Waals surface area contributed by atoms with E-state index in [0.29, 0.717) is 35.6 Å². The number of nitrogens with two attached hydrogens (primary N) is 1. The van der Waals surface area contributed by atoms with Gasteiger partial charge in [0, 0.05) is 0 Å². The van der Waals surface area contributed by atoms with E-state index in [1.54, 1.807) is 6.07 Å². The monoisotopic (exact) mass is 264 g/mol. The lowest BCUT2D eigenvalue weighted by Crippen LogP contribution is -2.13. The van der Waals surface area contributed by atoms with Gasteiger partial charge in [-0.2, -0.15) is 0 Å². The average molecular weight is 265 g/mol. The predicted molar refractivity (Wildman–Crippen MR) is 71.9 cm³/mol. The van der Waals surface area contributed by atoms with Crippen LogP contribution in [0.25, 0.3) is 0 Å². The molecule has 3 N–H and O–H groups in total. The van der Waals surface area contributed by atoms with Crippen LogP contribution in [0.1, 0.15) is 0 Å². The molecule has 0 aliphatic carbocycles. The van der Waals surface area contributed by atoms with Gasteiger partial charge in [-0.15, -0.1) is 0 Å². The minimum Gasteiger partial charge on any atom is -0.490 e. The normalized spacial score (nSPS) is 10.1. The van der Waals surface area contributed by atoms with Crippen molar-refractivity contribution in [2.45, 2.75) is 0 Å². The Bertz CT molecular complexity index is 504. The number of nitrogens with one attached hydrogen (secondary N) is 1. The van der Waals surface area contributed by atoms with Crippen molar-refractivity contribution in [2.24, 2.45) is 0 Å². The zero-order valence-electron chi connectivity index (χ0n) is 9.64. The van der Waals surface area contributed by atoms with Crippen LogP contribution < -0.4 is 15.8 Å². The molecule has 0 aliphatic rings. The summed E-state index contributed by atoms with van der Waals surface area (Å²) in [5.41, 5.74) is 6.37. The largest absolute Gasteiger partial charge is 0.490 e. The summed E-state index contributed by atoms with van der Waals surface area (Å²) in [5.74, 6) is 1.19. The molecule has 1 aromatic heterocycles. The molecule has 2 rings (SSSR count). The van der Waals surface area contributed by atoms with E-state index in [2.05, 4.69) is 15.3 Å². The van der Waals surface area contributed by atoms with Crippen LogP contribution in [-0.4, -0.2) is 23.1 Å². The van der Waals surface area contributed by atoms with Gasteiger partial charge >= 0.3 is 0 Å². The van der Waals surface area contributed by atoms with E-state index in [1.165, 1.54) is 12.4 Å². The molecule has 0 saturated carbocycles. The predicted octanol–water partition coefficient (Wildman–Crippen LogP) is 2.20.